The Hall–Kier alpha value is -2.14. The first-order valence-electron chi connectivity index (χ1n) is 5.76. The second-order valence-corrected chi connectivity index (χ2v) is 4.71. The Morgan fingerprint density at radius 3 is 2.84 bits per heavy atom. The van der Waals surface area contributed by atoms with Crippen LogP contribution in [-0.4, -0.2) is 21.4 Å². The molecule has 2 aromatic rings. The maximum absolute atomic E-state index is 12.3. The molecule has 3 rings (SSSR count). The number of aromatic nitrogens is 2. The molecule has 1 fully saturated rings. The lowest BCUT2D eigenvalue weighted by Gasteiger charge is -2.15. The van der Waals surface area contributed by atoms with E-state index in [2.05, 4.69) is 4.98 Å². The van der Waals surface area contributed by atoms with Gasteiger partial charge < -0.3 is 4.57 Å². The zero-order chi connectivity index (χ0) is 13.4. The van der Waals surface area contributed by atoms with E-state index in [1.807, 2.05) is 0 Å². The zero-order valence-electron chi connectivity index (χ0n) is 9.86. The summed E-state index contributed by atoms with van der Waals surface area (Å²) in [6.45, 7) is 0. The molecule has 1 atom stereocenters. The number of rotatable bonds is 2. The number of amides is 2. The summed E-state index contributed by atoms with van der Waals surface area (Å²) in [5.41, 5.74) is 0.505. The molecule has 1 unspecified atom stereocenters. The summed E-state index contributed by atoms with van der Waals surface area (Å²) in [4.78, 5) is 29.4. The van der Waals surface area contributed by atoms with Crippen molar-refractivity contribution in [3.05, 3.63) is 48.0 Å². The van der Waals surface area contributed by atoms with Crippen LogP contribution in [0, 0.1) is 0 Å². The molecular weight excluding hydrogens is 266 g/mol. The molecule has 0 N–H and O–H groups in total. The molecule has 0 radical (unpaired) electrons. The number of benzene rings is 1. The number of hydrogen-bond donors (Lipinski definition) is 0. The first-order chi connectivity index (χ1) is 9.16. The van der Waals surface area contributed by atoms with Gasteiger partial charge in [-0.15, -0.1) is 0 Å². The molecule has 5 nitrogen and oxygen atoms in total. The molecular formula is C13H10ClN3O2. The Balaban J connectivity index is 1.96. The Bertz CT molecular complexity index is 639. The van der Waals surface area contributed by atoms with Gasteiger partial charge in [0.2, 0.25) is 5.91 Å². The van der Waals surface area contributed by atoms with Crippen molar-refractivity contribution in [1.82, 2.24) is 9.55 Å². The fraction of sp³-hybridized carbons (Fsp3) is 0.154. The van der Waals surface area contributed by atoms with Crippen LogP contribution >= 0.6 is 11.6 Å². The summed E-state index contributed by atoms with van der Waals surface area (Å²) < 4.78 is 1.64. The highest BCUT2D eigenvalue weighted by atomic mass is 35.5. The lowest BCUT2D eigenvalue weighted by atomic mass is 10.2. The molecule has 1 aliphatic rings. The standard InChI is InChI=1S/C13H10ClN3O2/c14-9-2-1-3-10(6-9)17-12(18)7-11(13(17)19)16-5-4-15-8-16/h1-6,8,11H,7H2. The average molecular weight is 276 g/mol. The fourth-order valence-electron chi connectivity index (χ4n) is 2.19. The van der Waals surface area contributed by atoms with E-state index in [-0.39, 0.29) is 18.2 Å². The van der Waals surface area contributed by atoms with Gasteiger partial charge in [0.05, 0.1) is 18.4 Å². The highest BCUT2D eigenvalue weighted by Gasteiger charge is 2.40. The molecule has 0 saturated carbocycles. The van der Waals surface area contributed by atoms with E-state index in [4.69, 9.17) is 11.6 Å². The van der Waals surface area contributed by atoms with E-state index < -0.39 is 6.04 Å². The minimum atomic E-state index is -0.519. The normalized spacial score (nSPS) is 19.2. The molecule has 0 aliphatic carbocycles. The van der Waals surface area contributed by atoms with Crippen LogP contribution in [0.15, 0.2) is 43.0 Å². The number of imidazole rings is 1. The smallest absolute Gasteiger partial charge is 0.257 e. The van der Waals surface area contributed by atoms with Crippen LogP contribution in [0.2, 0.25) is 5.02 Å². The SMILES string of the molecule is O=C1CC(n2ccnc2)C(=O)N1c1cccc(Cl)c1. The van der Waals surface area contributed by atoms with Crippen molar-refractivity contribution in [2.75, 3.05) is 4.90 Å². The van der Waals surface area contributed by atoms with Crippen molar-refractivity contribution in [2.45, 2.75) is 12.5 Å². The topological polar surface area (TPSA) is 55.2 Å². The molecule has 96 valence electrons. The second-order valence-electron chi connectivity index (χ2n) is 4.28. The monoisotopic (exact) mass is 275 g/mol. The second kappa shape index (κ2) is 4.51. The highest BCUT2D eigenvalue weighted by molar-refractivity contribution is 6.31. The number of carbonyl (C=O) groups is 2. The van der Waals surface area contributed by atoms with Crippen molar-refractivity contribution in [2.24, 2.45) is 0 Å². The van der Waals surface area contributed by atoms with E-state index in [1.165, 1.54) is 11.2 Å². The van der Waals surface area contributed by atoms with Crippen LogP contribution in [0.5, 0.6) is 0 Å². The highest BCUT2D eigenvalue weighted by Crippen LogP contribution is 2.30. The van der Waals surface area contributed by atoms with Crippen LogP contribution in [0.4, 0.5) is 5.69 Å². The van der Waals surface area contributed by atoms with Gasteiger partial charge in [0.25, 0.3) is 5.91 Å². The molecule has 0 bridgehead atoms. The maximum Gasteiger partial charge on any atom is 0.257 e. The summed E-state index contributed by atoms with van der Waals surface area (Å²) in [6, 6.07) is 6.19. The average Bonchev–Trinajstić information content (AvgIpc) is 2.97. The third-order valence-corrected chi connectivity index (χ3v) is 3.31. The predicted molar refractivity (Wildman–Crippen MR) is 69.8 cm³/mol. The van der Waals surface area contributed by atoms with Gasteiger partial charge in [0.1, 0.15) is 6.04 Å². The summed E-state index contributed by atoms with van der Waals surface area (Å²) >= 11 is 5.89. The van der Waals surface area contributed by atoms with Crippen molar-refractivity contribution in [3.8, 4) is 0 Å². The molecule has 1 aromatic heterocycles. The molecule has 1 aliphatic heterocycles. The first kappa shape index (κ1) is 11.9. The van der Waals surface area contributed by atoms with Crippen LogP contribution in [0.3, 0.4) is 0 Å². The van der Waals surface area contributed by atoms with Crippen LogP contribution in [0.25, 0.3) is 0 Å². The minimum Gasteiger partial charge on any atom is -0.324 e. The zero-order valence-corrected chi connectivity index (χ0v) is 10.6. The predicted octanol–water partition coefficient (Wildman–Crippen LogP) is 2.04. The quantitative estimate of drug-likeness (QED) is 0.788. The van der Waals surface area contributed by atoms with Crippen molar-refractivity contribution < 1.29 is 9.59 Å². The van der Waals surface area contributed by atoms with E-state index >= 15 is 0 Å². The molecule has 2 amide bonds. The van der Waals surface area contributed by atoms with Crippen molar-refractivity contribution in [3.63, 3.8) is 0 Å². The van der Waals surface area contributed by atoms with Gasteiger partial charge in [-0.3, -0.25) is 9.59 Å². The van der Waals surface area contributed by atoms with Crippen LogP contribution in [-0.2, 0) is 9.59 Å². The third kappa shape index (κ3) is 2.02. The Morgan fingerprint density at radius 2 is 2.16 bits per heavy atom. The lowest BCUT2D eigenvalue weighted by Crippen LogP contribution is -2.30. The molecule has 19 heavy (non-hydrogen) atoms. The summed E-state index contributed by atoms with van der Waals surface area (Å²) in [7, 11) is 0. The van der Waals surface area contributed by atoms with Gasteiger partial charge in [0.15, 0.2) is 0 Å². The lowest BCUT2D eigenvalue weighted by molar-refractivity contribution is -0.122. The van der Waals surface area contributed by atoms with Crippen molar-refractivity contribution in [1.29, 1.82) is 0 Å². The fourth-order valence-corrected chi connectivity index (χ4v) is 2.37. The van der Waals surface area contributed by atoms with E-state index in [0.717, 1.165) is 0 Å². The van der Waals surface area contributed by atoms with Gasteiger partial charge >= 0.3 is 0 Å². The van der Waals surface area contributed by atoms with Gasteiger partial charge in [0, 0.05) is 17.4 Å². The van der Waals surface area contributed by atoms with Gasteiger partial charge in [-0.2, -0.15) is 0 Å². The number of nitrogens with zero attached hydrogens (tertiary/aromatic N) is 3. The van der Waals surface area contributed by atoms with Crippen molar-refractivity contribution >= 4 is 29.1 Å². The summed E-state index contributed by atoms with van der Waals surface area (Å²) in [6.07, 6.45) is 4.94. The Kier molecular flexibility index (Phi) is 2.83. The Morgan fingerprint density at radius 1 is 1.32 bits per heavy atom. The van der Waals surface area contributed by atoms with E-state index in [1.54, 1.807) is 41.2 Å². The number of imide groups is 1. The first-order valence-corrected chi connectivity index (χ1v) is 6.14. The number of hydrogen-bond acceptors (Lipinski definition) is 3. The molecule has 6 heteroatoms. The molecule has 0 spiro atoms. The number of anilines is 1. The number of carbonyl (C=O) groups excluding carboxylic acids is 2. The Labute approximate surface area is 114 Å². The summed E-state index contributed by atoms with van der Waals surface area (Å²) in [5.74, 6) is -0.490. The maximum atomic E-state index is 12.3. The largest absolute Gasteiger partial charge is 0.324 e. The number of halogens is 1. The van der Waals surface area contributed by atoms with Gasteiger partial charge in [-0.25, -0.2) is 9.88 Å². The van der Waals surface area contributed by atoms with E-state index in [9.17, 15) is 9.59 Å². The minimum absolute atomic E-state index is 0.141. The van der Waals surface area contributed by atoms with E-state index in [0.29, 0.717) is 10.7 Å². The van der Waals surface area contributed by atoms with Gasteiger partial charge in [-0.1, -0.05) is 17.7 Å². The van der Waals surface area contributed by atoms with Gasteiger partial charge in [-0.05, 0) is 18.2 Å². The molecule has 2 heterocycles. The third-order valence-electron chi connectivity index (χ3n) is 3.07. The van der Waals surface area contributed by atoms with Crippen LogP contribution in [0.1, 0.15) is 12.5 Å². The molecule has 1 saturated heterocycles. The molecule has 1 aromatic carbocycles. The van der Waals surface area contributed by atoms with Crippen LogP contribution < -0.4 is 4.90 Å². The summed E-state index contributed by atoms with van der Waals surface area (Å²) in [5, 5.41) is 0.490.